The number of amides is 1. The highest BCUT2D eigenvalue weighted by molar-refractivity contribution is 5.85. The van der Waals surface area contributed by atoms with Gasteiger partial charge in [-0.25, -0.2) is 4.98 Å². The Morgan fingerprint density at radius 1 is 1.32 bits per heavy atom. The summed E-state index contributed by atoms with van der Waals surface area (Å²) < 4.78 is 10.8. The van der Waals surface area contributed by atoms with Gasteiger partial charge in [0.05, 0.1) is 25.9 Å². The molecule has 142 valence electrons. The van der Waals surface area contributed by atoms with Crippen molar-refractivity contribution in [3.05, 3.63) is 23.9 Å². The molecule has 3 heterocycles. The summed E-state index contributed by atoms with van der Waals surface area (Å²) in [5.74, 6) is 0.925. The molecule has 2 aliphatic rings. The SMILES string of the molecule is C[C@H]1OCCN[C@@H]1C(=O)NCc1ccc(N2CCOCC2)nc1.Cl.Cl. The van der Waals surface area contributed by atoms with Gasteiger partial charge in [-0.15, -0.1) is 24.8 Å². The first kappa shape index (κ1) is 21.9. The minimum absolute atomic E-state index is 0. The predicted octanol–water partition coefficient (Wildman–Crippen LogP) is 0.755. The Labute approximate surface area is 160 Å². The van der Waals surface area contributed by atoms with Crippen molar-refractivity contribution in [1.82, 2.24) is 15.6 Å². The molecule has 9 heteroatoms. The molecule has 1 aromatic rings. The summed E-state index contributed by atoms with van der Waals surface area (Å²) in [6.45, 7) is 6.97. The van der Waals surface area contributed by atoms with E-state index < -0.39 is 0 Å². The van der Waals surface area contributed by atoms with Crippen LogP contribution in [0, 0.1) is 0 Å². The fourth-order valence-corrected chi connectivity index (χ4v) is 2.83. The molecule has 2 atom stereocenters. The summed E-state index contributed by atoms with van der Waals surface area (Å²) in [6.07, 6.45) is 1.71. The lowest BCUT2D eigenvalue weighted by Gasteiger charge is -2.29. The lowest BCUT2D eigenvalue weighted by atomic mass is 10.1. The predicted molar refractivity (Wildman–Crippen MR) is 101 cm³/mol. The highest BCUT2D eigenvalue weighted by atomic mass is 35.5. The zero-order valence-electron chi connectivity index (χ0n) is 14.3. The van der Waals surface area contributed by atoms with Crippen molar-refractivity contribution in [2.75, 3.05) is 44.4 Å². The second-order valence-electron chi connectivity index (χ2n) is 5.85. The third-order valence-electron chi connectivity index (χ3n) is 4.21. The summed E-state index contributed by atoms with van der Waals surface area (Å²) in [7, 11) is 0. The van der Waals surface area contributed by atoms with Crippen LogP contribution in [-0.2, 0) is 20.8 Å². The highest BCUT2D eigenvalue weighted by Crippen LogP contribution is 2.13. The molecule has 1 aromatic heterocycles. The summed E-state index contributed by atoms with van der Waals surface area (Å²) >= 11 is 0. The van der Waals surface area contributed by atoms with E-state index in [1.165, 1.54) is 0 Å². The van der Waals surface area contributed by atoms with Gasteiger partial charge < -0.3 is 25.0 Å². The molecule has 2 N–H and O–H groups in total. The Kier molecular flexibility index (Phi) is 9.45. The van der Waals surface area contributed by atoms with E-state index in [2.05, 4.69) is 20.5 Å². The number of pyridine rings is 1. The number of carbonyl (C=O) groups is 1. The molecular weight excluding hydrogens is 367 g/mol. The molecule has 3 rings (SSSR count). The average Bonchev–Trinajstić information content (AvgIpc) is 2.61. The number of nitrogens with one attached hydrogen (secondary N) is 2. The monoisotopic (exact) mass is 392 g/mol. The quantitative estimate of drug-likeness (QED) is 0.787. The normalized spacial score (nSPS) is 23.2. The largest absolute Gasteiger partial charge is 0.378 e. The summed E-state index contributed by atoms with van der Waals surface area (Å²) in [5, 5.41) is 6.13. The fourth-order valence-electron chi connectivity index (χ4n) is 2.83. The van der Waals surface area contributed by atoms with E-state index in [0.717, 1.165) is 37.7 Å². The maximum absolute atomic E-state index is 12.2. The Hall–Kier alpha value is -1.12. The number of nitrogens with zero attached hydrogens (tertiary/aromatic N) is 2. The van der Waals surface area contributed by atoms with Crippen LogP contribution < -0.4 is 15.5 Å². The Balaban J connectivity index is 0.00000156. The number of ether oxygens (including phenoxy) is 2. The van der Waals surface area contributed by atoms with Gasteiger partial charge in [0.2, 0.25) is 5.91 Å². The van der Waals surface area contributed by atoms with Crippen molar-refractivity contribution in [3.63, 3.8) is 0 Å². The van der Waals surface area contributed by atoms with Crippen molar-refractivity contribution in [2.24, 2.45) is 0 Å². The average molecular weight is 393 g/mol. The number of hydrogen-bond acceptors (Lipinski definition) is 6. The van der Waals surface area contributed by atoms with Gasteiger partial charge in [0.1, 0.15) is 11.9 Å². The minimum atomic E-state index is -0.288. The molecule has 0 spiro atoms. The van der Waals surface area contributed by atoms with Gasteiger partial charge in [-0.2, -0.15) is 0 Å². The lowest BCUT2D eigenvalue weighted by molar-refractivity contribution is -0.129. The molecule has 0 radical (unpaired) electrons. The van der Waals surface area contributed by atoms with Crippen LogP contribution in [0.15, 0.2) is 18.3 Å². The van der Waals surface area contributed by atoms with Crippen LogP contribution >= 0.6 is 24.8 Å². The van der Waals surface area contributed by atoms with Gasteiger partial charge in [-0.3, -0.25) is 4.79 Å². The van der Waals surface area contributed by atoms with E-state index in [4.69, 9.17) is 9.47 Å². The van der Waals surface area contributed by atoms with Gasteiger partial charge in [0, 0.05) is 32.4 Å². The molecular formula is C16H26Cl2N4O3. The van der Waals surface area contributed by atoms with E-state index in [0.29, 0.717) is 19.7 Å². The molecule has 0 saturated carbocycles. The van der Waals surface area contributed by atoms with Crippen LogP contribution in [0.2, 0.25) is 0 Å². The molecule has 25 heavy (non-hydrogen) atoms. The summed E-state index contributed by atoms with van der Waals surface area (Å²) in [5.41, 5.74) is 0.986. The van der Waals surface area contributed by atoms with Crippen LogP contribution in [0.4, 0.5) is 5.82 Å². The first-order valence-electron chi connectivity index (χ1n) is 8.14. The van der Waals surface area contributed by atoms with E-state index in [-0.39, 0.29) is 42.9 Å². The molecule has 0 unspecified atom stereocenters. The van der Waals surface area contributed by atoms with Crippen LogP contribution in [0.5, 0.6) is 0 Å². The van der Waals surface area contributed by atoms with Gasteiger partial charge >= 0.3 is 0 Å². The molecule has 7 nitrogen and oxygen atoms in total. The third kappa shape index (κ3) is 5.97. The van der Waals surface area contributed by atoms with Gasteiger partial charge in [-0.05, 0) is 18.6 Å². The summed E-state index contributed by atoms with van der Waals surface area (Å²) in [6, 6.07) is 3.72. The van der Waals surface area contributed by atoms with Crippen molar-refractivity contribution >= 4 is 36.5 Å². The molecule has 0 aliphatic carbocycles. The fraction of sp³-hybridized carbons (Fsp3) is 0.625. The Morgan fingerprint density at radius 3 is 2.72 bits per heavy atom. The van der Waals surface area contributed by atoms with Crippen LogP contribution in [0.25, 0.3) is 0 Å². The molecule has 0 aromatic carbocycles. The molecule has 2 aliphatic heterocycles. The van der Waals surface area contributed by atoms with Gasteiger partial charge in [0.15, 0.2) is 0 Å². The van der Waals surface area contributed by atoms with Gasteiger partial charge in [0.25, 0.3) is 0 Å². The number of rotatable bonds is 4. The first-order chi connectivity index (χ1) is 11.2. The van der Waals surface area contributed by atoms with Crippen molar-refractivity contribution in [2.45, 2.75) is 25.6 Å². The number of aromatic nitrogens is 1. The number of carbonyl (C=O) groups excluding carboxylic acids is 1. The number of morpholine rings is 2. The number of halogens is 2. The maximum atomic E-state index is 12.2. The molecule has 0 bridgehead atoms. The Morgan fingerprint density at radius 2 is 2.08 bits per heavy atom. The first-order valence-corrected chi connectivity index (χ1v) is 8.14. The molecule has 2 fully saturated rings. The zero-order valence-corrected chi connectivity index (χ0v) is 15.9. The standard InChI is InChI=1S/C16H24N4O3.2ClH/c1-12-15(17-4-7-23-12)16(21)19-11-13-2-3-14(18-10-13)20-5-8-22-9-6-20;;/h2-3,10,12,15,17H,4-9,11H2,1H3,(H,19,21);2*1H/t12-,15+;;/m1../s1. The van der Waals surface area contributed by atoms with Gasteiger partial charge in [-0.1, -0.05) is 6.07 Å². The van der Waals surface area contributed by atoms with E-state index in [1.54, 1.807) is 0 Å². The van der Waals surface area contributed by atoms with E-state index in [9.17, 15) is 4.79 Å². The Bertz CT molecular complexity index is 527. The minimum Gasteiger partial charge on any atom is -0.378 e. The van der Waals surface area contributed by atoms with Crippen LogP contribution in [-0.4, -0.2) is 62.5 Å². The second kappa shape index (κ2) is 10.8. The smallest absolute Gasteiger partial charge is 0.240 e. The summed E-state index contributed by atoms with van der Waals surface area (Å²) in [4.78, 5) is 18.9. The highest BCUT2D eigenvalue weighted by Gasteiger charge is 2.27. The van der Waals surface area contributed by atoms with Crippen molar-refractivity contribution in [3.8, 4) is 0 Å². The van der Waals surface area contributed by atoms with Crippen molar-refractivity contribution in [1.29, 1.82) is 0 Å². The third-order valence-corrected chi connectivity index (χ3v) is 4.21. The molecule has 2 saturated heterocycles. The zero-order chi connectivity index (χ0) is 16.1. The molecule has 1 amide bonds. The maximum Gasteiger partial charge on any atom is 0.240 e. The van der Waals surface area contributed by atoms with Crippen molar-refractivity contribution < 1.29 is 14.3 Å². The second-order valence-corrected chi connectivity index (χ2v) is 5.85. The number of anilines is 1. The topological polar surface area (TPSA) is 75.7 Å². The van der Waals surface area contributed by atoms with Crippen LogP contribution in [0.3, 0.4) is 0 Å². The number of hydrogen-bond donors (Lipinski definition) is 2. The van der Waals surface area contributed by atoms with E-state index >= 15 is 0 Å². The van der Waals surface area contributed by atoms with Crippen LogP contribution in [0.1, 0.15) is 12.5 Å². The lowest BCUT2D eigenvalue weighted by Crippen LogP contribution is -2.55. The van der Waals surface area contributed by atoms with E-state index in [1.807, 2.05) is 25.3 Å².